The van der Waals surface area contributed by atoms with Gasteiger partial charge >= 0.3 is 0 Å². The minimum atomic E-state index is -1.58. The number of aliphatic hydroxyl groups is 2. The summed E-state index contributed by atoms with van der Waals surface area (Å²) in [5.74, 6) is 0. The van der Waals surface area contributed by atoms with Crippen molar-refractivity contribution in [3.05, 3.63) is 0 Å². The van der Waals surface area contributed by atoms with Gasteiger partial charge in [0.2, 0.25) is 0 Å². The molecule has 2 fully saturated rings. The normalized spacial score (nSPS) is 21.8. The summed E-state index contributed by atoms with van der Waals surface area (Å²) < 4.78 is 6.27. The number of nitrogens with zero attached hydrogens (tertiary/aromatic N) is 2. The number of likely N-dealkylation sites (tertiary alicyclic amines) is 2. The van der Waals surface area contributed by atoms with Crippen LogP contribution in [0, 0.1) is 5.41 Å². The van der Waals surface area contributed by atoms with Crippen LogP contribution in [0.3, 0.4) is 0 Å². The molecule has 0 atom stereocenters. The van der Waals surface area contributed by atoms with Gasteiger partial charge in [-0.3, -0.25) is 4.90 Å². The van der Waals surface area contributed by atoms with Gasteiger partial charge in [0, 0.05) is 19.7 Å². The first kappa shape index (κ1) is 23.3. The van der Waals surface area contributed by atoms with Crippen molar-refractivity contribution in [1.82, 2.24) is 9.80 Å². The van der Waals surface area contributed by atoms with Gasteiger partial charge in [-0.15, -0.1) is 0 Å². The molecule has 0 saturated carbocycles. The van der Waals surface area contributed by atoms with Gasteiger partial charge in [-0.2, -0.15) is 0 Å². The maximum Gasteiger partial charge on any atom is 0.191 e. The number of rotatable bonds is 10. The molecule has 2 N–H and O–H groups in total. The summed E-state index contributed by atoms with van der Waals surface area (Å²) in [5.41, 5.74) is 0.454. The van der Waals surface area contributed by atoms with Crippen molar-refractivity contribution < 1.29 is 14.6 Å². The van der Waals surface area contributed by atoms with Crippen LogP contribution >= 0.6 is 0 Å². The van der Waals surface area contributed by atoms with Gasteiger partial charge in [0.25, 0.3) is 0 Å². The molecule has 0 radical (unpaired) electrons. The molecule has 0 aromatic rings. The van der Waals surface area contributed by atoms with E-state index in [4.69, 9.17) is 4.43 Å². The number of aliphatic hydroxyl groups excluding tert-OH is 2. The standard InChI is InChI=1S/C21H44N2O3Si/c1-20(2,3)27(4,5)26-14-8-6-7-11-22-12-9-21(10-13-22)17-23(18-21)19(15-24)16-25/h19,24-25H,6-18H2,1-5H3. The zero-order chi connectivity index (χ0) is 20.1. The molecule has 1 spiro atoms. The molecule has 6 heteroatoms. The van der Waals surface area contributed by atoms with E-state index in [-0.39, 0.29) is 19.3 Å². The van der Waals surface area contributed by atoms with E-state index < -0.39 is 8.32 Å². The topological polar surface area (TPSA) is 56.2 Å². The Kier molecular flexibility index (Phi) is 8.35. The molecule has 0 unspecified atom stereocenters. The Morgan fingerprint density at radius 1 is 1.00 bits per heavy atom. The van der Waals surface area contributed by atoms with Crippen LogP contribution in [0.4, 0.5) is 0 Å². The Hall–Kier alpha value is 0.0169. The molecule has 2 rings (SSSR count). The van der Waals surface area contributed by atoms with Crippen molar-refractivity contribution in [3.8, 4) is 0 Å². The van der Waals surface area contributed by atoms with Crippen LogP contribution in [0.5, 0.6) is 0 Å². The Morgan fingerprint density at radius 3 is 2.11 bits per heavy atom. The maximum absolute atomic E-state index is 9.32. The number of unbranched alkanes of at least 4 members (excludes halogenated alkanes) is 2. The quantitative estimate of drug-likeness (QED) is 0.436. The number of piperidine rings is 1. The first-order valence-electron chi connectivity index (χ1n) is 10.9. The highest BCUT2D eigenvalue weighted by molar-refractivity contribution is 6.74. The van der Waals surface area contributed by atoms with E-state index in [1.54, 1.807) is 0 Å². The molecule has 160 valence electrons. The Balaban J connectivity index is 1.54. The molecule has 27 heavy (non-hydrogen) atoms. The Labute approximate surface area is 168 Å². The third-order valence-electron chi connectivity index (χ3n) is 7.32. The molecule has 2 heterocycles. The van der Waals surface area contributed by atoms with Crippen LogP contribution in [-0.4, -0.2) is 86.9 Å². The fraction of sp³-hybridized carbons (Fsp3) is 1.00. The summed E-state index contributed by atoms with van der Waals surface area (Å²) in [7, 11) is -1.58. The molecule has 0 bridgehead atoms. The highest BCUT2D eigenvalue weighted by atomic mass is 28.4. The lowest BCUT2D eigenvalue weighted by atomic mass is 9.71. The molecule has 0 amide bonds. The highest BCUT2D eigenvalue weighted by Gasteiger charge is 2.46. The molecule has 2 aliphatic heterocycles. The van der Waals surface area contributed by atoms with E-state index in [9.17, 15) is 10.2 Å². The SMILES string of the molecule is CC(C)(C)[Si](C)(C)OCCCCCN1CCC2(CC1)CN(C(CO)CO)C2. The lowest BCUT2D eigenvalue weighted by Crippen LogP contribution is -2.64. The van der Waals surface area contributed by atoms with Crippen molar-refractivity contribution in [2.75, 3.05) is 52.5 Å². The van der Waals surface area contributed by atoms with Gasteiger partial charge in [-0.1, -0.05) is 20.8 Å². The predicted octanol–water partition coefficient (Wildman–Crippen LogP) is 2.93. The average Bonchev–Trinajstić information content (AvgIpc) is 2.57. The molecule has 5 nitrogen and oxygen atoms in total. The van der Waals surface area contributed by atoms with E-state index in [0.29, 0.717) is 10.5 Å². The van der Waals surface area contributed by atoms with Crippen LogP contribution in [0.15, 0.2) is 0 Å². The van der Waals surface area contributed by atoms with E-state index in [2.05, 4.69) is 43.7 Å². The molecule has 2 saturated heterocycles. The van der Waals surface area contributed by atoms with Crippen molar-refractivity contribution >= 4 is 8.32 Å². The monoisotopic (exact) mass is 400 g/mol. The minimum Gasteiger partial charge on any atom is -0.417 e. The smallest absolute Gasteiger partial charge is 0.191 e. The average molecular weight is 401 g/mol. The fourth-order valence-corrected chi connectivity index (χ4v) is 5.18. The second-order valence-corrected chi connectivity index (χ2v) is 15.2. The van der Waals surface area contributed by atoms with E-state index in [1.807, 2.05) is 0 Å². The maximum atomic E-state index is 9.32. The van der Waals surface area contributed by atoms with Crippen molar-refractivity contribution in [2.45, 2.75) is 77.0 Å². The summed E-state index contributed by atoms with van der Waals surface area (Å²) in [6.07, 6.45) is 6.25. The largest absolute Gasteiger partial charge is 0.417 e. The summed E-state index contributed by atoms with van der Waals surface area (Å²) >= 11 is 0. The van der Waals surface area contributed by atoms with Crippen LogP contribution in [0.25, 0.3) is 0 Å². The predicted molar refractivity (Wildman–Crippen MR) is 115 cm³/mol. The summed E-state index contributed by atoms with van der Waals surface area (Å²) in [5, 5.41) is 18.9. The van der Waals surface area contributed by atoms with Crippen molar-refractivity contribution in [3.63, 3.8) is 0 Å². The van der Waals surface area contributed by atoms with E-state index in [0.717, 1.165) is 19.7 Å². The van der Waals surface area contributed by atoms with E-state index >= 15 is 0 Å². The van der Waals surface area contributed by atoms with Gasteiger partial charge in [-0.25, -0.2) is 0 Å². The first-order valence-corrected chi connectivity index (χ1v) is 13.9. The van der Waals surface area contributed by atoms with E-state index in [1.165, 1.54) is 51.7 Å². The minimum absolute atomic E-state index is 0.0535. The van der Waals surface area contributed by atoms with Crippen molar-refractivity contribution in [2.24, 2.45) is 5.41 Å². The molecular weight excluding hydrogens is 356 g/mol. The first-order chi connectivity index (χ1) is 12.6. The molecule has 0 aliphatic carbocycles. The molecule has 0 aromatic heterocycles. The van der Waals surface area contributed by atoms with Crippen LogP contribution in [0.1, 0.15) is 52.9 Å². The highest BCUT2D eigenvalue weighted by Crippen LogP contribution is 2.41. The van der Waals surface area contributed by atoms with Crippen LogP contribution < -0.4 is 0 Å². The number of hydrogen-bond acceptors (Lipinski definition) is 5. The second kappa shape index (κ2) is 9.68. The Bertz CT molecular complexity index is 433. The van der Waals surface area contributed by atoms with Crippen molar-refractivity contribution in [1.29, 1.82) is 0 Å². The molecule has 0 aromatic carbocycles. The van der Waals surface area contributed by atoms with Gasteiger partial charge < -0.3 is 19.5 Å². The second-order valence-electron chi connectivity index (χ2n) is 10.4. The summed E-state index contributed by atoms with van der Waals surface area (Å²) in [4.78, 5) is 4.87. The van der Waals surface area contributed by atoms with Gasteiger partial charge in [0.15, 0.2) is 8.32 Å². The van der Waals surface area contributed by atoms with Gasteiger partial charge in [0.1, 0.15) is 0 Å². The van der Waals surface area contributed by atoms with Crippen LogP contribution in [0.2, 0.25) is 18.1 Å². The lowest BCUT2D eigenvalue weighted by Gasteiger charge is -2.56. The summed E-state index contributed by atoms with van der Waals surface area (Å²) in [6, 6.07) is -0.0535. The number of hydrogen-bond donors (Lipinski definition) is 2. The molecule has 2 aliphatic rings. The third kappa shape index (κ3) is 6.25. The zero-order valence-electron chi connectivity index (χ0n) is 18.5. The summed E-state index contributed by atoms with van der Waals surface area (Å²) in [6.45, 7) is 18.4. The van der Waals surface area contributed by atoms with Gasteiger partial charge in [0.05, 0.1) is 19.3 Å². The fourth-order valence-electron chi connectivity index (χ4n) is 4.09. The lowest BCUT2D eigenvalue weighted by molar-refractivity contribution is -0.0887. The van der Waals surface area contributed by atoms with Crippen LogP contribution in [-0.2, 0) is 4.43 Å². The van der Waals surface area contributed by atoms with Gasteiger partial charge in [-0.05, 0) is 75.3 Å². The Morgan fingerprint density at radius 2 is 1.59 bits per heavy atom. The zero-order valence-corrected chi connectivity index (χ0v) is 19.5. The molecular formula is C21H44N2O3Si. The third-order valence-corrected chi connectivity index (χ3v) is 11.9.